The number of ether oxygens (including phenoxy) is 2. The molecule has 6 nitrogen and oxygen atoms in total. The number of aliphatic hydroxyl groups excluding tert-OH is 1. The molecule has 124 valence electrons. The van der Waals surface area contributed by atoms with Crippen molar-refractivity contribution in [1.29, 1.82) is 0 Å². The van der Waals surface area contributed by atoms with Crippen LogP contribution in [-0.4, -0.2) is 27.8 Å². The zero-order valence-corrected chi connectivity index (χ0v) is 13.4. The lowest BCUT2D eigenvalue weighted by Crippen LogP contribution is -2.55. The number of rotatable bonds is 2. The van der Waals surface area contributed by atoms with Crippen LogP contribution in [0, 0.1) is 16.0 Å². The zero-order chi connectivity index (χ0) is 16.8. The molecular formula is C17H21NO5. The van der Waals surface area contributed by atoms with E-state index < -0.39 is 22.9 Å². The van der Waals surface area contributed by atoms with E-state index in [1.165, 1.54) is 12.1 Å². The van der Waals surface area contributed by atoms with Crippen molar-refractivity contribution in [3.05, 3.63) is 51.6 Å². The molecule has 1 saturated heterocycles. The minimum atomic E-state index is -0.655. The van der Waals surface area contributed by atoms with Crippen molar-refractivity contribution in [1.82, 2.24) is 0 Å². The van der Waals surface area contributed by atoms with Gasteiger partial charge in [0.15, 0.2) is 6.29 Å². The molecule has 1 aromatic rings. The summed E-state index contributed by atoms with van der Waals surface area (Å²) in [6.45, 7) is 5.88. The summed E-state index contributed by atoms with van der Waals surface area (Å²) in [5.41, 5.74) is 1.18. The molecule has 1 aliphatic carbocycles. The van der Waals surface area contributed by atoms with E-state index in [-0.39, 0.29) is 17.7 Å². The molecule has 1 aromatic carbocycles. The minimum Gasteiger partial charge on any atom is -0.386 e. The summed E-state index contributed by atoms with van der Waals surface area (Å²) in [6.07, 6.45) is 1.19. The quantitative estimate of drug-likeness (QED) is 0.514. The smallest absolute Gasteiger partial charge is 0.269 e. The van der Waals surface area contributed by atoms with E-state index in [2.05, 4.69) is 0 Å². The van der Waals surface area contributed by atoms with Gasteiger partial charge >= 0.3 is 0 Å². The van der Waals surface area contributed by atoms with Gasteiger partial charge < -0.3 is 14.6 Å². The fourth-order valence-electron chi connectivity index (χ4n) is 3.33. The molecule has 3 rings (SSSR count). The molecule has 0 spiro atoms. The summed E-state index contributed by atoms with van der Waals surface area (Å²) in [7, 11) is 0. The van der Waals surface area contributed by atoms with Gasteiger partial charge in [0.2, 0.25) is 0 Å². The van der Waals surface area contributed by atoms with E-state index >= 15 is 0 Å². The summed E-state index contributed by atoms with van der Waals surface area (Å²) >= 11 is 0. The molecule has 1 aliphatic heterocycles. The highest BCUT2D eigenvalue weighted by molar-refractivity contribution is 5.33. The van der Waals surface area contributed by atoms with E-state index in [9.17, 15) is 15.2 Å². The summed E-state index contributed by atoms with van der Waals surface area (Å²) < 4.78 is 12.1. The predicted octanol–water partition coefficient (Wildman–Crippen LogP) is 3.11. The Balaban J connectivity index is 1.87. The number of hydrogen-bond acceptors (Lipinski definition) is 5. The van der Waals surface area contributed by atoms with Crippen LogP contribution in [0.25, 0.3) is 0 Å². The number of non-ortho nitro benzene ring substituents is 1. The Morgan fingerprint density at radius 3 is 2.57 bits per heavy atom. The van der Waals surface area contributed by atoms with Gasteiger partial charge in [-0.2, -0.15) is 0 Å². The maximum Gasteiger partial charge on any atom is 0.269 e. The summed E-state index contributed by atoms with van der Waals surface area (Å²) in [4.78, 5) is 10.3. The largest absolute Gasteiger partial charge is 0.386 e. The van der Waals surface area contributed by atoms with Gasteiger partial charge in [0.05, 0.1) is 16.6 Å². The molecule has 6 heteroatoms. The molecule has 0 radical (unpaired) electrons. The van der Waals surface area contributed by atoms with Gasteiger partial charge in [0.1, 0.15) is 6.10 Å². The topological polar surface area (TPSA) is 81.8 Å². The standard InChI is InChI=1S/C17H21NO5/c1-10-4-9-13-15(14(10)19)22-16(23-17(13,2)3)11-5-7-12(8-6-11)18(20)21/h4-8,13-16,19H,9H2,1-3H3. The number of fused-ring (bicyclic) bond motifs is 1. The summed E-state index contributed by atoms with van der Waals surface area (Å²) in [6, 6.07) is 6.14. The molecule has 0 bridgehead atoms. The number of nitrogens with zero attached hydrogens (tertiary/aromatic N) is 1. The van der Waals surface area contributed by atoms with Crippen molar-refractivity contribution in [3.63, 3.8) is 0 Å². The summed E-state index contributed by atoms with van der Waals surface area (Å²) in [5.74, 6) is 0.0653. The van der Waals surface area contributed by atoms with Crippen LogP contribution in [0.4, 0.5) is 5.69 Å². The number of nitro groups is 1. The molecule has 1 heterocycles. The lowest BCUT2D eigenvalue weighted by molar-refractivity contribution is -0.384. The second-order valence-electron chi connectivity index (χ2n) is 6.74. The first kappa shape index (κ1) is 16.1. The molecule has 0 aromatic heterocycles. The number of nitro benzene ring substituents is 1. The second-order valence-corrected chi connectivity index (χ2v) is 6.74. The van der Waals surface area contributed by atoms with E-state index in [1.54, 1.807) is 12.1 Å². The third-order valence-corrected chi connectivity index (χ3v) is 4.83. The van der Waals surface area contributed by atoms with Crippen molar-refractivity contribution in [2.75, 3.05) is 0 Å². The van der Waals surface area contributed by atoms with Crippen molar-refractivity contribution < 1.29 is 19.5 Å². The van der Waals surface area contributed by atoms with Crippen molar-refractivity contribution >= 4 is 5.69 Å². The number of aliphatic hydroxyl groups is 1. The van der Waals surface area contributed by atoms with E-state index in [1.807, 2.05) is 26.8 Å². The molecule has 4 unspecified atom stereocenters. The minimum absolute atomic E-state index is 0.0261. The Hall–Kier alpha value is -1.76. The van der Waals surface area contributed by atoms with Gasteiger partial charge in [0.25, 0.3) is 5.69 Å². The van der Waals surface area contributed by atoms with Crippen LogP contribution >= 0.6 is 0 Å². The first-order valence-corrected chi connectivity index (χ1v) is 7.72. The van der Waals surface area contributed by atoms with E-state index in [4.69, 9.17) is 9.47 Å². The highest BCUT2D eigenvalue weighted by atomic mass is 16.7. The molecule has 1 fully saturated rings. The normalized spacial score (nSPS) is 32.8. The Morgan fingerprint density at radius 1 is 1.30 bits per heavy atom. The predicted molar refractivity (Wildman–Crippen MR) is 83.7 cm³/mol. The molecule has 23 heavy (non-hydrogen) atoms. The summed E-state index contributed by atoms with van der Waals surface area (Å²) in [5, 5.41) is 21.2. The Morgan fingerprint density at radius 2 is 1.96 bits per heavy atom. The molecule has 4 atom stereocenters. The molecule has 1 N–H and O–H groups in total. The van der Waals surface area contributed by atoms with Gasteiger partial charge in [-0.05, 0) is 44.9 Å². The van der Waals surface area contributed by atoms with Crippen molar-refractivity contribution in [2.45, 2.75) is 51.3 Å². The third kappa shape index (κ3) is 2.89. The first-order chi connectivity index (χ1) is 10.8. The molecule has 0 amide bonds. The fraction of sp³-hybridized carbons (Fsp3) is 0.529. The molecular weight excluding hydrogens is 298 g/mol. The van der Waals surface area contributed by atoms with Crippen LogP contribution in [0.2, 0.25) is 0 Å². The number of allylic oxidation sites excluding steroid dienone is 1. The maximum atomic E-state index is 10.8. The zero-order valence-electron chi connectivity index (χ0n) is 13.4. The van der Waals surface area contributed by atoms with Gasteiger partial charge in [-0.15, -0.1) is 0 Å². The highest BCUT2D eigenvalue weighted by Crippen LogP contribution is 2.45. The van der Waals surface area contributed by atoms with Gasteiger partial charge in [-0.25, -0.2) is 0 Å². The van der Waals surface area contributed by atoms with Crippen LogP contribution in [0.15, 0.2) is 35.9 Å². The van der Waals surface area contributed by atoms with Crippen LogP contribution in [0.5, 0.6) is 0 Å². The average molecular weight is 319 g/mol. The highest BCUT2D eigenvalue weighted by Gasteiger charge is 2.49. The van der Waals surface area contributed by atoms with Crippen LogP contribution in [0.1, 0.15) is 39.0 Å². The monoisotopic (exact) mass is 319 g/mol. The van der Waals surface area contributed by atoms with Crippen molar-refractivity contribution in [3.8, 4) is 0 Å². The fourth-order valence-corrected chi connectivity index (χ4v) is 3.33. The lowest BCUT2D eigenvalue weighted by Gasteiger charge is -2.50. The molecule has 2 aliphatic rings. The van der Waals surface area contributed by atoms with E-state index in [0.29, 0.717) is 5.56 Å². The van der Waals surface area contributed by atoms with E-state index in [0.717, 1.165) is 12.0 Å². The van der Waals surface area contributed by atoms with Crippen molar-refractivity contribution in [2.24, 2.45) is 5.92 Å². The third-order valence-electron chi connectivity index (χ3n) is 4.83. The lowest BCUT2D eigenvalue weighted by atomic mass is 9.75. The number of hydrogen-bond donors (Lipinski definition) is 1. The second kappa shape index (κ2) is 5.70. The van der Waals surface area contributed by atoms with Crippen LogP contribution in [-0.2, 0) is 9.47 Å². The first-order valence-electron chi connectivity index (χ1n) is 7.72. The molecule has 0 saturated carbocycles. The van der Waals surface area contributed by atoms with Gasteiger partial charge in [0, 0.05) is 23.6 Å². The van der Waals surface area contributed by atoms with Crippen LogP contribution < -0.4 is 0 Å². The maximum absolute atomic E-state index is 10.8. The SMILES string of the molecule is CC1=CCC2C(OC(c3ccc([N+](=O)[O-])cc3)OC2(C)C)C1O. The Kier molecular flexibility index (Phi) is 4.00. The number of benzene rings is 1. The average Bonchev–Trinajstić information content (AvgIpc) is 2.50. The van der Waals surface area contributed by atoms with Gasteiger partial charge in [-0.1, -0.05) is 6.08 Å². The van der Waals surface area contributed by atoms with Gasteiger partial charge in [-0.3, -0.25) is 10.1 Å². The van der Waals surface area contributed by atoms with Crippen LogP contribution in [0.3, 0.4) is 0 Å². The Bertz CT molecular complexity index is 637. The Labute approximate surface area is 134 Å².